The van der Waals surface area contributed by atoms with E-state index in [1.54, 1.807) is 6.92 Å². The maximum atomic E-state index is 12.6. The lowest BCUT2D eigenvalue weighted by atomic mass is 10.1. The third-order valence-corrected chi connectivity index (χ3v) is 5.90. The smallest absolute Gasteiger partial charge is 0.244 e. The van der Waals surface area contributed by atoms with E-state index in [2.05, 4.69) is 34.1 Å². The summed E-state index contributed by atoms with van der Waals surface area (Å²) in [4.78, 5) is 0.304. The molecular weight excluding hydrogens is 288 g/mol. The number of hydrogen-bond acceptors (Lipinski definition) is 4. The second kappa shape index (κ2) is 6.46. The normalized spacial score (nSPS) is 17.1. The summed E-state index contributed by atoms with van der Waals surface area (Å²) in [5, 5.41) is 10.1. The minimum absolute atomic E-state index is 0.186. The van der Waals surface area contributed by atoms with Gasteiger partial charge in [-0.1, -0.05) is 13.8 Å². The average Bonchev–Trinajstić information content (AvgIpc) is 3.14. The molecule has 0 spiro atoms. The fourth-order valence-corrected chi connectivity index (χ4v) is 4.00. The molecule has 3 N–H and O–H groups in total. The summed E-state index contributed by atoms with van der Waals surface area (Å²) < 4.78 is 27.9. The lowest BCUT2D eigenvalue weighted by Gasteiger charge is -2.14. The van der Waals surface area contributed by atoms with Gasteiger partial charge in [0.05, 0.1) is 11.4 Å². The quantitative estimate of drug-likeness (QED) is 0.605. The van der Waals surface area contributed by atoms with Gasteiger partial charge in [0, 0.05) is 13.1 Å². The van der Waals surface area contributed by atoms with E-state index in [4.69, 9.17) is 0 Å². The van der Waals surface area contributed by atoms with Crippen molar-refractivity contribution in [1.29, 1.82) is 0 Å². The number of aryl methyl sites for hydroxylation is 1. The van der Waals surface area contributed by atoms with Crippen LogP contribution in [0.5, 0.6) is 0 Å². The Kier molecular flexibility index (Phi) is 5.06. The summed E-state index contributed by atoms with van der Waals surface area (Å²) in [6.45, 7) is 7.77. The molecule has 0 bridgehead atoms. The van der Waals surface area contributed by atoms with Crippen LogP contribution in [0.15, 0.2) is 4.90 Å². The van der Waals surface area contributed by atoms with E-state index < -0.39 is 10.0 Å². The number of aromatic nitrogens is 2. The molecule has 0 saturated heterocycles. The average molecular weight is 314 g/mol. The van der Waals surface area contributed by atoms with E-state index in [0.29, 0.717) is 29.4 Å². The minimum Gasteiger partial charge on any atom is -0.311 e. The lowest BCUT2D eigenvalue weighted by molar-refractivity contribution is 0.475. The number of nitrogens with zero attached hydrogens (tertiary/aromatic N) is 1. The molecular formula is C14H26N4O2S. The van der Waals surface area contributed by atoms with E-state index in [0.717, 1.165) is 32.2 Å². The van der Waals surface area contributed by atoms with E-state index in [-0.39, 0.29) is 5.41 Å². The third-order valence-electron chi connectivity index (χ3n) is 4.29. The highest BCUT2D eigenvalue weighted by molar-refractivity contribution is 7.89. The van der Waals surface area contributed by atoms with E-state index in [1.165, 1.54) is 0 Å². The first-order chi connectivity index (χ1) is 9.94. The van der Waals surface area contributed by atoms with Crippen molar-refractivity contribution in [2.45, 2.75) is 57.9 Å². The fraction of sp³-hybridized carbons (Fsp3) is 0.786. The van der Waals surface area contributed by atoms with Crippen molar-refractivity contribution in [3.63, 3.8) is 0 Å². The third kappa shape index (κ3) is 3.84. The zero-order valence-electron chi connectivity index (χ0n) is 13.1. The molecule has 6 nitrogen and oxygen atoms in total. The van der Waals surface area contributed by atoms with Crippen molar-refractivity contribution in [3.8, 4) is 0 Å². The summed E-state index contributed by atoms with van der Waals surface area (Å²) in [6.07, 6.45) is 4.25. The molecule has 0 aromatic carbocycles. The van der Waals surface area contributed by atoms with Crippen molar-refractivity contribution < 1.29 is 8.42 Å². The highest BCUT2D eigenvalue weighted by atomic mass is 32.2. The van der Waals surface area contributed by atoms with Gasteiger partial charge >= 0.3 is 0 Å². The molecule has 0 amide bonds. The second-order valence-electron chi connectivity index (χ2n) is 5.98. The summed E-state index contributed by atoms with van der Waals surface area (Å²) in [5.41, 5.74) is 1.35. The van der Waals surface area contributed by atoms with Crippen molar-refractivity contribution in [1.82, 2.24) is 20.2 Å². The molecule has 1 aromatic heterocycles. The van der Waals surface area contributed by atoms with Gasteiger partial charge < -0.3 is 5.32 Å². The summed E-state index contributed by atoms with van der Waals surface area (Å²) >= 11 is 0. The van der Waals surface area contributed by atoms with E-state index in [1.807, 2.05) is 0 Å². The highest BCUT2D eigenvalue weighted by Gasteiger charge is 2.41. The second-order valence-corrected chi connectivity index (χ2v) is 7.68. The molecule has 0 unspecified atom stereocenters. The first-order valence-corrected chi connectivity index (χ1v) is 9.16. The van der Waals surface area contributed by atoms with Gasteiger partial charge in [-0.15, -0.1) is 0 Å². The molecule has 1 heterocycles. The standard InChI is InChI=1S/C14H26N4O2S/c1-4-8-15-9-12-13(11(3)17-18-12)21(19,20)16-10-14(5-2)6-7-14/h15-16H,4-10H2,1-3H3,(H,17,18). The van der Waals surface area contributed by atoms with Crippen LogP contribution in [-0.2, 0) is 16.6 Å². The van der Waals surface area contributed by atoms with Crippen LogP contribution in [0.4, 0.5) is 0 Å². The number of aromatic amines is 1. The maximum Gasteiger partial charge on any atom is 0.244 e. The van der Waals surface area contributed by atoms with Gasteiger partial charge in [0.1, 0.15) is 4.90 Å². The number of sulfonamides is 1. The molecule has 7 heteroatoms. The first-order valence-electron chi connectivity index (χ1n) is 7.68. The summed E-state index contributed by atoms with van der Waals surface area (Å²) in [7, 11) is -3.50. The van der Waals surface area contributed by atoms with Crippen LogP contribution < -0.4 is 10.0 Å². The van der Waals surface area contributed by atoms with Crippen LogP contribution >= 0.6 is 0 Å². The Hall–Kier alpha value is -0.920. The van der Waals surface area contributed by atoms with Crippen LogP contribution in [0.25, 0.3) is 0 Å². The molecule has 1 aromatic rings. The van der Waals surface area contributed by atoms with Crippen LogP contribution in [0.2, 0.25) is 0 Å². The SMILES string of the molecule is CCCNCc1n[nH]c(C)c1S(=O)(=O)NCC1(CC)CC1. The van der Waals surface area contributed by atoms with Crippen LogP contribution in [0.3, 0.4) is 0 Å². The predicted octanol–water partition coefficient (Wildman–Crippen LogP) is 1.69. The van der Waals surface area contributed by atoms with Crippen molar-refractivity contribution in [3.05, 3.63) is 11.4 Å². The topological polar surface area (TPSA) is 86.9 Å². The Morgan fingerprint density at radius 2 is 2.05 bits per heavy atom. The van der Waals surface area contributed by atoms with Crippen molar-refractivity contribution in [2.75, 3.05) is 13.1 Å². The molecule has 1 aliphatic carbocycles. The number of rotatable bonds is 9. The fourth-order valence-electron chi connectivity index (χ4n) is 2.48. The predicted molar refractivity (Wildman–Crippen MR) is 82.5 cm³/mol. The number of nitrogens with one attached hydrogen (secondary N) is 3. The summed E-state index contributed by atoms with van der Waals surface area (Å²) in [5.74, 6) is 0. The molecule has 0 aliphatic heterocycles. The molecule has 120 valence electrons. The zero-order chi connectivity index (χ0) is 15.5. The lowest BCUT2D eigenvalue weighted by Crippen LogP contribution is -2.31. The molecule has 2 rings (SSSR count). The summed E-state index contributed by atoms with van der Waals surface area (Å²) in [6, 6.07) is 0. The molecule has 1 saturated carbocycles. The van der Waals surface area contributed by atoms with Crippen LogP contribution in [-0.4, -0.2) is 31.7 Å². The Labute approximate surface area is 127 Å². The first kappa shape index (κ1) is 16.5. The van der Waals surface area contributed by atoms with Crippen molar-refractivity contribution in [2.24, 2.45) is 5.41 Å². The van der Waals surface area contributed by atoms with Gasteiger partial charge in [-0.05, 0) is 44.6 Å². The van der Waals surface area contributed by atoms with Gasteiger partial charge in [0.2, 0.25) is 10.0 Å². The van der Waals surface area contributed by atoms with Gasteiger partial charge in [-0.25, -0.2) is 13.1 Å². The largest absolute Gasteiger partial charge is 0.311 e. The van der Waals surface area contributed by atoms with Crippen LogP contribution in [0, 0.1) is 12.3 Å². The van der Waals surface area contributed by atoms with Gasteiger partial charge in [-0.2, -0.15) is 5.10 Å². The zero-order valence-corrected chi connectivity index (χ0v) is 13.9. The Balaban J connectivity index is 2.09. The Morgan fingerprint density at radius 1 is 1.33 bits per heavy atom. The highest BCUT2D eigenvalue weighted by Crippen LogP contribution is 2.48. The van der Waals surface area contributed by atoms with Gasteiger partial charge in [0.25, 0.3) is 0 Å². The van der Waals surface area contributed by atoms with E-state index >= 15 is 0 Å². The van der Waals surface area contributed by atoms with E-state index in [9.17, 15) is 8.42 Å². The molecule has 1 aliphatic rings. The minimum atomic E-state index is -3.50. The molecule has 21 heavy (non-hydrogen) atoms. The van der Waals surface area contributed by atoms with Crippen molar-refractivity contribution >= 4 is 10.0 Å². The molecule has 0 atom stereocenters. The Bertz CT molecular complexity index is 576. The number of H-pyrrole nitrogens is 1. The maximum absolute atomic E-state index is 12.6. The van der Waals surface area contributed by atoms with Gasteiger partial charge in [0.15, 0.2) is 0 Å². The Morgan fingerprint density at radius 3 is 2.62 bits per heavy atom. The van der Waals surface area contributed by atoms with Gasteiger partial charge in [-0.3, -0.25) is 5.10 Å². The molecule has 0 radical (unpaired) electrons. The number of hydrogen-bond donors (Lipinski definition) is 3. The van der Waals surface area contributed by atoms with Crippen LogP contribution in [0.1, 0.15) is 50.9 Å². The molecule has 1 fully saturated rings. The monoisotopic (exact) mass is 314 g/mol.